The van der Waals surface area contributed by atoms with Crippen molar-refractivity contribution in [2.75, 3.05) is 33.7 Å². The summed E-state index contributed by atoms with van der Waals surface area (Å²) in [5, 5.41) is 7.52. The minimum Gasteiger partial charge on any atom is -0.392 e. The molecule has 1 saturated heterocycles. The summed E-state index contributed by atoms with van der Waals surface area (Å²) in [5.74, 6) is 0.0299. The summed E-state index contributed by atoms with van der Waals surface area (Å²) in [4.78, 5) is 35.3. The fourth-order valence-electron chi connectivity index (χ4n) is 4.71. The summed E-state index contributed by atoms with van der Waals surface area (Å²) in [6, 6.07) is 8.28. The third-order valence-electron chi connectivity index (χ3n) is 6.26. The second kappa shape index (κ2) is 9.81. The van der Waals surface area contributed by atoms with Gasteiger partial charge >= 0.3 is 0 Å². The Hall–Kier alpha value is -2.41. The summed E-state index contributed by atoms with van der Waals surface area (Å²) in [5.41, 5.74) is 2.52. The average molecular weight is 429 g/mol. The molecule has 1 fully saturated rings. The summed E-state index contributed by atoms with van der Waals surface area (Å²) < 4.78 is 0. The number of piperidine rings is 1. The number of oxime groups is 1. The average Bonchev–Trinajstić information content (AvgIpc) is 3.16. The van der Waals surface area contributed by atoms with Gasteiger partial charge in [-0.1, -0.05) is 35.0 Å². The third kappa shape index (κ3) is 5.85. The van der Waals surface area contributed by atoms with Gasteiger partial charge in [0.15, 0.2) is 0 Å². The molecule has 3 atom stereocenters. The highest BCUT2D eigenvalue weighted by Gasteiger charge is 2.46. The van der Waals surface area contributed by atoms with E-state index in [1.165, 1.54) is 5.56 Å². The van der Waals surface area contributed by atoms with E-state index in [-0.39, 0.29) is 24.0 Å². The lowest BCUT2D eigenvalue weighted by Gasteiger charge is -2.42. The lowest BCUT2D eigenvalue weighted by molar-refractivity contribution is -0.143. The van der Waals surface area contributed by atoms with Crippen molar-refractivity contribution < 1.29 is 14.4 Å². The summed E-state index contributed by atoms with van der Waals surface area (Å²) in [6.07, 6.45) is 2.62. The zero-order valence-corrected chi connectivity index (χ0v) is 19.5. The molecule has 2 amide bonds. The van der Waals surface area contributed by atoms with Crippen LogP contribution in [0.2, 0.25) is 0 Å². The number of aryl methyl sites for hydroxylation is 1. The first-order valence-electron chi connectivity index (χ1n) is 11.2. The van der Waals surface area contributed by atoms with E-state index in [1.54, 1.807) is 11.8 Å². The van der Waals surface area contributed by atoms with Crippen LogP contribution in [-0.4, -0.2) is 73.2 Å². The Morgan fingerprint density at radius 3 is 2.68 bits per heavy atom. The van der Waals surface area contributed by atoms with E-state index in [0.29, 0.717) is 25.9 Å². The predicted octanol–water partition coefficient (Wildman–Crippen LogP) is 2.57. The number of likely N-dealkylation sites (tertiary alicyclic amines) is 1. The van der Waals surface area contributed by atoms with Gasteiger partial charge < -0.3 is 20.0 Å². The number of benzene rings is 1. The Morgan fingerprint density at radius 2 is 2.03 bits per heavy atom. The Balaban J connectivity index is 1.73. The standard InChI is InChI=1S/C24H36N4O3/c1-17-7-9-20(10-8-17)22-13-21(31-26-22)14-24(11-6-12-28(16-24)19(3)29)23(30)25-18(2)15-27(4)5/h7-10,18,21H,6,11-16H2,1-5H3,(H,25,30)/t18-,21-,24-/m0/s1. The molecule has 1 aromatic rings. The first-order chi connectivity index (χ1) is 14.7. The van der Waals surface area contributed by atoms with Crippen molar-refractivity contribution in [2.45, 2.75) is 58.6 Å². The van der Waals surface area contributed by atoms with Crippen molar-refractivity contribution in [3.63, 3.8) is 0 Å². The van der Waals surface area contributed by atoms with Crippen LogP contribution in [0.15, 0.2) is 29.4 Å². The fourth-order valence-corrected chi connectivity index (χ4v) is 4.71. The number of nitrogens with zero attached hydrogens (tertiary/aromatic N) is 3. The molecule has 2 aliphatic rings. The van der Waals surface area contributed by atoms with Crippen LogP contribution in [0.25, 0.3) is 0 Å². The second-order valence-electron chi connectivity index (χ2n) is 9.50. The molecule has 0 aliphatic carbocycles. The van der Waals surface area contributed by atoms with Crippen LogP contribution < -0.4 is 5.32 Å². The molecule has 7 heteroatoms. The van der Waals surface area contributed by atoms with Crippen molar-refractivity contribution in [3.05, 3.63) is 35.4 Å². The lowest BCUT2D eigenvalue weighted by atomic mass is 9.73. The summed E-state index contributed by atoms with van der Waals surface area (Å²) in [6.45, 7) is 7.55. The maximum absolute atomic E-state index is 13.5. The number of hydrogen-bond donors (Lipinski definition) is 1. The predicted molar refractivity (Wildman–Crippen MR) is 122 cm³/mol. The van der Waals surface area contributed by atoms with Gasteiger partial charge in [0.1, 0.15) is 6.10 Å². The van der Waals surface area contributed by atoms with Gasteiger partial charge in [0, 0.05) is 45.4 Å². The topological polar surface area (TPSA) is 74.2 Å². The molecule has 2 aliphatic heterocycles. The molecule has 1 N–H and O–H groups in total. The van der Waals surface area contributed by atoms with E-state index in [9.17, 15) is 9.59 Å². The van der Waals surface area contributed by atoms with Crippen molar-refractivity contribution >= 4 is 17.5 Å². The van der Waals surface area contributed by atoms with Gasteiger partial charge in [0.25, 0.3) is 0 Å². The minimum atomic E-state index is -0.659. The molecule has 3 rings (SSSR count). The van der Waals surface area contributed by atoms with Crippen molar-refractivity contribution in [3.8, 4) is 0 Å². The van der Waals surface area contributed by atoms with Crippen molar-refractivity contribution in [2.24, 2.45) is 10.6 Å². The molecular weight excluding hydrogens is 392 g/mol. The van der Waals surface area contributed by atoms with E-state index in [2.05, 4.69) is 46.6 Å². The molecule has 7 nitrogen and oxygen atoms in total. The van der Waals surface area contributed by atoms with Crippen LogP contribution in [0.4, 0.5) is 0 Å². The minimum absolute atomic E-state index is 0.0141. The highest BCUT2D eigenvalue weighted by Crippen LogP contribution is 2.38. The lowest BCUT2D eigenvalue weighted by Crippen LogP contribution is -2.56. The van der Waals surface area contributed by atoms with E-state index < -0.39 is 5.41 Å². The molecule has 0 saturated carbocycles. The summed E-state index contributed by atoms with van der Waals surface area (Å²) >= 11 is 0. The molecule has 31 heavy (non-hydrogen) atoms. The normalized spacial score (nSPS) is 24.5. The van der Waals surface area contributed by atoms with Gasteiger partial charge in [0.2, 0.25) is 11.8 Å². The smallest absolute Gasteiger partial charge is 0.228 e. The maximum Gasteiger partial charge on any atom is 0.228 e. The van der Waals surface area contributed by atoms with Gasteiger partial charge in [-0.25, -0.2) is 0 Å². The molecule has 170 valence electrons. The van der Waals surface area contributed by atoms with Gasteiger partial charge in [-0.15, -0.1) is 0 Å². The van der Waals surface area contributed by atoms with Gasteiger partial charge in [0.05, 0.1) is 11.1 Å². The second-order valence-corrected chi connectivity index (χ2v) is 9.50. The molecule has 2 heterocycles. The molecule has 0 radical (unpaired) electrons. The molecule has 0 aromatic heterocycles. The van der Waals surface area contributed by atoms with Crippen LogP contribution in [0.3, 0.4) is 0 Å². The van der Waals surface area contributed by atoms with Gasteiger partial charge in [-0.05, 0) is 46.3 Å². The largest absolute Gasteiger partial charge is 0.392 e. The molecule has 0 bridgehead atoms. The van der Waals surface area contributed by atoms with Crippen LogP contribution >= 0.6 is 0 Å². The SMILES string of the molecule is CC(=O)N1CCC[C@@](C[C@@H]2CC(c3ccc(C)cc3)=NO2)(C(=O)N[C@@H](C)CN(C)C)C1. The summed E-state index contributed by atoms with van der Waals surface area (Å²) in [7, 11) is 3.99. The van der Waals surface area contributed by atoms with E-state index in [1.807, 2.05) is 21.0 Å². The highest BCUT2D eigenvalue weighted by atomic mass is 16.6. The van der Waals surface area contributed by atoms with Crippen molar-refractivity contribution in [1.82, 2.24) is 15.1 Å². The van der Waals surface area contributed by atoms with Crippen LogP contribution in [-0.2, 0) is 14.4 Å². The van der Waals surface area contributed by atoms with E-state index in [4.69, 9.17) is 4.84 Å². The monoisotopic (exact) mass is 428 g/mol. The quantitative estimate of drug-likeness (QED) is 0.724. The molecular formula is C24H36N4O3. The number of carbonyl (C=O) groups is 2. The van der Waals surface area contributed by atoms with Gasteiger partial charge in [-0.2, -0.15) is 0 Å². The zero-order valence-electron chi connectivity index (χ0n) is 19.5. The zero-order chi connectivity index (χ0) is 22.6. The van der Waals surface area contributed by atoms with Crippen LogP contribution in [0, 0.1) is 12.3 Å². The number of rotatable bonds is 7. The maximum atomic E-state index is 13.5. The Labute approximate surface area is 185 Å². The number of amides is 2. The Kier molecular flexibility index (Phi) is 7.36. The fraction of sp³-hybridized carbons (Fsp3) is 0.625. The van der Waals surface area contributed by atoms with Crippen molar-refractivity contribution in [1.29, 1.82) is 0 Å². The Bertz CT molecular complexity index is 821. The van der Waals surface area contributed by atoms with Crippen LogP contribution in [0.1, 0.15) is 50.7 Å². The van der Waals surface area contributed by atoms with E-state index in [0.717, 1.165) is 30.7 Å². The molecule has 1 aromatic carbocycles. The first-order valence-corrected chi connectivity index (χ1v) is 11.2. The third-order valence-corrected chi connectivity index (χ3v) is 6.26. The van der Waals surface area contributed by atoms with E-state index >= 15 is 0 Å². The molecule has 0 unspecified atom stereocenters. The first kappa shape index (κ1) is 23.3. The number of hydrogen-bond acceptors (Lipinski definition) is 5. The number of nitrogens with one attached hydrogen (secondary N) is 1. The molecule has 0 spiro atoms. The number of carbonyl (C=O) groups excluding carboxylic acids is 2. The Morgan fingerprint density at radius 1 is 1.32 bits per heavy atom. The van der Waals surface area contributed by atoms with Gasteiger partial charge in [-0.3, -0.25) is 9.59 Å². The number of likely N-dealkylation sites (N-methyl/N-ethyl adjacent to an activating group) is 1. The highest BCUT2D eigenvalue weighted by molar-refractivity contribution is 6.01. The van der Waals surface area contributed by atoms with Crippen LogP contribution in [0.5, 0.6) is 0 Å².